The minimum Gasteiger partial charge on any atom is -0.380 e. The lowest BCUT2D eigenvalue weighted by atomic mass is 10.1. The van der Waals surface area contributed by atoms with Gasteiger partial charge in [0.2, 0.25) is 0 Å². The molecule has 0 amide bonds. The number of hydrogen-bond donors (Lipinski definition) is 2. The van der Waals surface area contributed by atoms with Gasteiger partial charge in [0.1, 0.15) is 5.82 Å². The van der Waals surface area contributed by atoms with E-state index in [1.165, 1.54) is 6.07 Å². The zero-order valence-electron chi connectivity index (χ0n) is 13.0. The van der Waals surface area contributed by atoms with Gasteiger partial charge in [-0.2, -0.15) is 0 Å². The van der Waals surface area contributed by atoms with Gasteiger partial charge < -0.3 is 15.4 Å². The summed E-state index contributed by atoms with van der Waals surface area (Å²) in [7, 11) is 0. The molecule has 1 aromatic rings. The summed E-state index contributed by atoms with van der Waals surface area (Å²) < 4.78 is 18.9. The standard InChI is InChI=1S/C15H23BrFN3O.HI/c1-3-18-15(20-9-10-21-4-2)19-8-7-12-5-6-14(17)13(16)11-12;/h5-6,11H,3-4,7-10H2,1-2H3,(H2,18,19,20);1H. The van der Waals surface area contributed by atoms with Crippen molar-refractivity contribution in [3.05, 3.63) is 34.1 Å². The fraction of sp³-hybridized carbons (Fsp3) is 0.533. The Labute approximate surface area is 157 Å². The van der Waals surface area contributed by atoms with Crippen LogP contribution in [0.5, 0.6) is 0 Å². The monoisotopic (exact) mass is 487 g/mol. The molecular formula is C15H24BrFIN3O. The molecule has 0 spiro atoms. The summed E-state index contributed by atoms with van der Waals surface area (Å²) in [6, 6.07) is 5.07. The minimum atomic E-state index is -0.238. The van der Waals surface area contributed by atoms with Gasteiger partial charge in [-0.05, 0) is 53.9 Å². The van der Waals surface area contributed by atoms with Gasteiger partial charge >= 0.3 is 0 Å². The third kappa shape index (κ3) is 8.89. The quantitative estimate of drug-likeness (QED) is 0.256. The number of aliphatic imine (C=N–C) groups is 1. The number of nitrogens with one attached hydrogen (secondary N) is 2. The van der Waals surface area contributed by atoms with Crippen LogP contribution in [-0.4, -0.2) is 38.8 Å². The highest BCUT2D eigenvalue weighted by Gasteiger charge is 2.01. The van der Waals surface area contributed by atoms with Gasteiger partial charge in [0.15, 0.2) is 5.96 Å². The zero-order chi connectivity index (χ0) is 15.5. The van der Waals surface area contributed by atoms with Crippen molar-refractivity contribution < 1.29 is 9.13 Å². The van der Waals surface area contributed by atoms with E-state index in [1.54, 1.807) is 12.1 Å². The first-order chi connectivity index (χ1) is 10.2. The molecular weight excluding hydrogens is 464 g/mol. The van der Waals surface area contributed by atoms with Crippen molar-refractivity contribution >= 4 is 45.9 Å². The predicted molar refractivity (Wildman–Crippen MR) is 104 cm³/mol. The first-order valence-electron chi connectivity index (χ1n) is 7.21. The van der Waals surface area contributed by atoms with Gasteiger partial charge in [0, 0.05) is 19.7 Å². The summed E-state index contributed by atoms with van der Waals surface area (Å²) in [6.45, 7) is 7.49. The molecule has 0 aliphatic rings. The normalized spacial score (nSPS) is 11.0. The Morgan fingerprint density at radius 3 is 2.73 bits per heavy atom. The van der Waals surface area contributed by atoms with Crippen molar-refractivity contribution in [3.63, 3.8) is 0 Å². The van der Waals surface area contributed by atoms with E-state index in [0.717, 1.165) is 31.0 Å². The maximum Gasteiger partial charge on any atom is 0.191 e. The Hall–Kier alpha value is -0.410. The van der Waals surface area contributed by atoms with Crippen molar-refractivity contribution in [3.8, 4) is 0 Å². The van der Waals surface area contributed by atoms with Crippen LogP contribution in [0.1, 0.15) is 19.4 Å². The van der Waals surface area contributed by atoms with E-state index < -0.39 is 0 Å². The SMILES string of the molecule is CCNC(=NCCOCC)NCCc1ccc(F)c(Br)c1.I. The highest BCUT2D eigenvalue weighted by Crippen LogP contribution is 2.16. The largest absolute Gasteiger partial charge is 0.380 e. The second kappa shape index (κ2) is 13.1. The van der Waals surface area contributed by atoms with Gasteiger partial charge in [-0.3, -0.25) is 4.99 Å². The van der Waals surface area contributed by atoms with Crippen LogP contribution < -0.4 is 10.6 Å². The lowest BCUT2D eigenvalue weighted by molar-refractivity contribution is 0.155. The molecule has 1 rings (SSSR count). The van der Waals surface area contributed by atoms with Gasteiger partial charge in [-0.25, -0.2) is 4.39 Å². The minimum absolute atomic E-state index is 0. The van der Waals surface area contributed by atoms with Crippen LogP contribution in [0.25, 0.3) is 0 Å². The lowest BCUT2D eigenvalue weighted by Crippen LogP contribution is -2.38. The number of benzene rings is 1. The fourth-order valence-corrected chi connectivity index (χ4v) is 2.15. The van der Waals surface area contributed by atoms with Crippen LogP contribution in [-0.2, 0) is 11.2 Å². The topological polar surface area (TPSA) is 45.7 Å². The van der Waals surface area contributed by atoms with Crippen molar-refractivity contribution in [2.45, 2.75) is 20.3 Å². The molecule has 0 radical (unpaired) electrons. The maximum atomic E-state index is 13.1. The molecule has 0 aliphatic heterocycles. The van der Waals surface area contributed by atoms with Crippen molar-refractivity contribution in [2.75, 3.05) is 32.8 Å². The van der Waals surface area contributed by atoms with Gasteiger partial charge in [-0.15, -0.1) is 24.0 Å². The number of guanidine groups is 1. The molecule has 0 saturated heterocycles. The van der Waals surface area contributed by atoms with E-state index in [-0.39, 0.29) is 29.8 Å². The van der Waals surface area contributed by atoms with Crippen LogP contribution in [0, 0.1) is 5.82 Å². The van der Waals surface area contributed by atoms with Crippen molar-refractivity contribution in [1.82, 2.24) is 10.6 Å². The summed E-state index contributed by atoms with van der Waals surface area (Å²) in [4.78, 5) is 4.41. The Bertz CT molecular complexity index is 460. The number of nitrogens with zero attached hydrogens (tertiary/aromatic N) is 1. The molecule has 0 aromatic heterocycles. The average Bonchev–Trinajstić information content (AvgIpc) is 2.47. The molecule has 22 heavy (non-hydrogen) atoms. The molecule has 126 valence electrons. The molecule has 0 atom stereocenters. The molecule has 0 heterocycles. The smallest absolute Gasteiger partial charge is 0.191 e. The first-order valence-corrected chi connectivity index (χ1v) is 8.00. The third-order valence-corrected chi connectivity index (χ3v) is 3.35. The molecule has 0 aliphatic carbocycles. The molecule has 0 fully saturated rings. The summed E-state index contributed by atoms with van der Waals surface area (Å²) in [5.41, 5.74) is 1.07. The molecule has 7 heteroatoms. The summed E-state index contributed by atoms with van der Waals surface area (Å²) in [5, 5.41) is 6.43. The van der Waals surface area contributed by atoms with E-state index in [1.807, 2.05) is 13.8 Å². The number of halogens is 3. The fourth-order valence-electron chi connectivity index (χ4n) is 1.73. The first kappa shape index (κ1) is 21.6. The van der Waals surface area contributed by atoms with E-state index in [2.05, 4.69) is 31.6 Å². The number of rotatable bonds is 8. The molecule has 0 unspecified atom stereocenters. The predicted octanol–water partition coefficient (Wildman–Crippen LogP) is 3.34. The van der Waals surface area contributed by atoms with Crippen molar-refractivity contribution in [1.29, 1.82) is 0 Å². The van der Waals surface area contributed by atoms with E-state index >= 15 is 0 Å². The summed E-state index contributed by atoms with van der Waals surface area (Å²) in [5.74, 6) is 0.538. The molecule has 0 bridgehead atoms. The molecule has 1 aromatic carbocycles. The second-order valence-electron chi connectivity index (χ2n) is 4.38. The lowest BCUT2D eigenvalue weighted by Gasteiger charge is -2.11. The van der Waals surface area contributed by atoms with Crippen LogP contribution >= 0.6 is 39.9 Å². The van der Waals surface area contributed by atoms with Gasteiger partial charge in [0.25, 0.3) is 0 Å². The number of ether oxygens (including phenoxy) is 1. The maximum absolute atomic E-state index is 13.1. The van der Waals surface area contributed by atoms with Crippen LogP contribution in [0.2, 0.25) is 0 Å². The molecule has 2 N–H and O–H groups in total. The van der Waals surface area contributed by atoms with Gasteiger partial charge in [-0.1, -0.05) is 6.07 Å². The Balaban J connectivity index is 0.00000441. The molecule has 0 saturated carbocycles. The summed E-state index contributed by atoms with van der Waals surface area (Å²) in [6.07, 6.45) is 0.800. The highest BCUT2D eigenvalue weighted by molar-refractivity contribution is 14.0. The zero-order valence-corrected chi connectivity index (χ0v) is 16.9. The Kier molecular flexibility index (Phi) is 12.8. The van der Waals surface area contributed by atoms with Crippen LogP contribution in [0.3, 0.4) is 0 Å². The van der Waals surface area contributed by atoms with Crippen LogP contribution in [0.15, 0.2) is 27.7 Å². The van der Waals surface area contributed by atoms with Gasteiger partial charge in [0.05, 0.1) is 17.6 Å². The van der Waals surface area contributed by atoms with E-state index in [9.17, 15) is 4.39 Å². The third-order valence-electron chi connectivity index (χ3n) is 2.74. The Morgan fingerprint density at radius 1 is 1.32 bits per heavy atom. The summed E-state index contributed by atoms with van der Waals surface area (Å²) >= 11 is 3.20. The van der Waals surface area contributed by atoms with E-state index in [0.29, 0.717) is 24.2 Å². The highest BCUT2D eigenvalue weighted by atomic mass is 127. The Morgan fingerprint density at radius 2 is 2.09 bits per heavy atom. The van der Waals surface area contributed by atoms with Crippen LogP contribution in [0.4, 0.5) is 4.39 Å². The van der Waals surface area contributed by atoms with E-state index in [4.69, 9.17) is 4.74 Å². The second-order valence-corrected chi connectivity index (χ2v) is 5.24. The number of hydrogen-bond acceptors (Lipinski definition) is 2. The van der Waals surface area contributed by atoms with Crippen molar-refractivity contribution in [2.24, 2.45) is 4.99 Å². The molecule has 4 nitrogen and oxygen atoms in total. The average molecular weight is 488 g/mol.